The average molecular weight is 252 g/mol. The Morgan fingerprint density at radius 3 is 2.41 bits per heavy atom. The standard InChI is InChI=1S/C12H13N3O.ClH/c1-15(11-7-14-8-11)12(16)10-4-2-9(6-13)3-5-10;/h2-5,11,14H,7-8H2,1H3;1H. The number of hydrogen-bond donors (Lipinski definition) is 1. The molecule has 1 aromatic rings. The highest BCUT2D eigenvalue weighted by Gasteiger charge is 2.25. The molecule has 2 rings (SSSR count). The van der Waals surface area contributed by atoms with Gasteiger partial charge in [-0.3, -0.25) is 4.79 Å². The summed E-state index contributed by atoms with van der Waals surface area (Å²) in [7, 11) is 1.81. The van der Waals surface area contributed by atoms with Gasteiger partial charge >= 0.3 is 0 Å². The van der Waals surface area contributed by atoms with Gasteiger partial charge in [0.1, 0.15) is 0 Å². The lowest BCUT2D eigenvalue weighted by atomic mass is 10.1. The smallest absolute Gasteiger partial charge is 0.253 e. The van der Waals surface area contributed by atoms with E-state index in [2.05, 4.69) is 5.32 Å². The number of benzene rings is 1. The second-order valence-corrected chi connectivity index (χ2v) is 3.92. The third kappa shape index (κ3) is 2.76. The SMILES string of the molecule is CN(C(=O)c1ccc(C#N)cc1)C1CNC1.Cl. The highest BCUT2D eigenvalue weighted by atomic mass is 35.5. The summed E-state index contributed by atoms with van der Waals surface area (Å²) in [6, 6.07) is 9.06. The van der Waals surface area contributed by atoms with Crippen LogP contribution in [0.4, 0.5) is 0 Å². The molecule has 0 unspecified atom stereocenters. The van der Waals surface area contributed by atoms with E-state index in [1.54, 1.807) is 29.2 Å². The second kappa shape index (κ2) is 5.67. The molecule has 0 aliphatic carbocycles. The number of carbonyl (C=O) groups excluding carboxylic acids is 1. The molecule has 1 fully saturated rings. The number of nitriles is 1. The number of likely N-dealkylation sites (N-methyl/N-ethyl adjacent to an activating group) is 1. The zero-order valence-electron chi connectivity index (χ0n) is 9.51. The van der Waals surface area contributed by atoms with Gasteiger partial charge < -0.3 is 10.2 Å². The van der Waals surface area contributed by atoms with Crippen LogP contribution in [0.15, 0.2) is 24.3 Å². The van der Waals surface area contributed by atoms with Crippen LogP contribution in [0.25, 0.3) is 0 Å². The first-order valence-electron chi connectivity index (χ1n) is 5.20. The van der Waals surface area contributed by atoms with Gasteiger partial charge in [0.05, 0.1) is 17.7 Å². The van der Waals surface area contributed by atoms with Crippen molar-refractivity contribution in [2.75, 3.05) is 20.1 Å². The molecule has 1 saturated heterocycles. The van der Waals surface area contributed by atoms with Crippen molar-refractivity contribution in [2.24, 2.45) is 0 Å². The van der Waals surface area contributed by atoms with Crippen molar-refractivity contribution in [3.05, 3.63) is 35.4 Å². The number of nitrogens with one attached hydrogen (secondary N) is 1. The van der Waals surface area contributed by atoms with Crippen LogP contribution in [0.3, 0.4) is 0 Å². The van der Waals surface area contributed by atoms with E-state index >= 15 is 0 Å². The van der Waals surface area contributed by atoms with Crippen LogP contribution in [0.5, 0.6) is 0 Å². The van der Waals surface area contributed by atoms with Gasteiger partial charge in [0.15, 0.2) is 0 Å². The molecule has 0 spiro atoms. The number of halogens is 1. The van der Waals surface area contributed by atoms with Crippen molar-refractivity contribution in [2.45, 2.75) is 6.04 Å². The van der Waals surface area contributed by atoms with Crippen molar-refractivity contribution in [1.82, 2.24) is 10.2 Å². The number of amides is 1. The minimum atomic E-state index is 0. The summed E-state index contributed by atoms with van der Waals surface area (Å²) in [6.45, 7) is 1.72. The largest absolute Gasteiger partial charge is 0.336 e. The lowest BCUT2D eigenvalue weighted by Gasteiger charge is -2.35. The van der Waals surface area contributed by atoms with E-state index in [-0.39, 0.29) is 18.3 Å². The number of carbonyl (C=O) groups is 1. The van der Waals surface area contributed by atoms with Crippen LogP contribution in [-0.2, 0) is 0 Å². The monoisotopic (exact) mass is 251 g/mol. The second-order valence-electron chi connectivity index (χ2n) is 3.92. The maximum absolute atomic E-state index is 12.0. The minimum Gasteiger partial charge on any atom is -0.336 e. The first-order valence-corrected chi connectivity index (χ1v) is 5.20. The van der Waals surface area contributed by atoms with E-state index in [0.717, 1.165) is 13.1 Å². The maximum atomic E-state index is 12.0. The fourth-order valence-corrected chi connectivity index (χ4v) is 1.60. The van der Waals surface area contributed by atoms with Gasteiger partial charge in [-0.05, 0) is 24.3 Å². The predicted molar refractivity (Wildman–Crippen MR) is 67.2 cm³/mol. The molecular weight excluding hydrogens is 238 g/mol. The Balaban J connectivity index is 0.00000144. The molecule has 5 heteroatoms. The first-order chi connectivity index (χ1) is 7.72. The summed E-state index contributed by atoms with van der Waals surface area (Å²) < 4.78 is 0. The van der Waals surface area contributed by atoms with E-state index in [1.807, 2.05) is 13.1 Å². The summed E-state index contributed by atoms with van der Waals surface area (Å²) in [5, 5.41) is 11.8. The fraction of sp³-hybridized carbons (Fsp3) is 0.333. The van der Waals surface area contributed by atoms with E-state index < -0.39 is 0 Å². The highest BCUT2D eigenvalue weighted by Crippen LogP contribution is 2.10. The summed E-state index contributed by atoms with van der Waals surface area (Å²) in [4.78, 5) is 13.7. The molecule has 1 N–H and O–H groups in total. The average Bonchev–Trinajstić information content (AvgIpc) is 2.26. The normalized spacial score (nSPS) is 14.1. The van der Waals surface area contributed by atoms with Gasteiger partial charge in [0.25, 0.3) is 5.91 Å². The predicted octanol–water partition coefficient (Wildman–Crippen LogP) is 1.02. The molecule has 1 aromatic carbocycles. The van der Waals surface area contributed by atoms with Gasteiger partial charge in [-0.25, -0.2) is 0 Å². The van der Waals surface area contributed by atoms with Gasteiger partial charge in [-0.2, -0.15) is 5.26 Å². The molecule has 0 saturated carbocycles. The molecule has 0 bridgehead atoms. The molecule has 0 aromatic heterocycles. The summed E-state index contributed by atoms with van der Waals surface area (Å²) >= 11 is 0. The third-order valence-corrected chi connectivity index (χ3v) is 2.89. The molecule has 0 atom stereocenters. The number of rotatable bonds is 2. The van der Waals surface area contributed by atoms with Crippen molar-refractivity contribution in [3.8, 4) is 6.07 Å². The van der Waals surface area contributed by atoms with Crippen molar-refractivity contribution in [1.29, 1.82) is 5.26 Å². The Morgan fingerprint density at radius 2 is 2.00 bits per heavy atom. The van der Waals surface area contributed by atoms with Gasteiger partial charge in [-0.15, -0.1) is 12.4 Å². The highest BCUT2D eigenvalue weighted by molar-refractivity contribution is 5.94. The molecular formula is C12H14ClN3O. The molecule has 1 heterocycles. The molecule has 1 aliphatic rings. The lowest BCUT2D eigenvalue weighted by Crippen LogP contribution is -2.57. The van der Waals surface area contributed by atoms with Crippen LogP contribution < -0.4 is 5.32 Å². The topological polar surface area (TPSA) is 56.1 Å². The zero-order chi connectivity index (χ0) is 11.5. The number of hydrogen-bond acceptors (Lipinski definition) is 3. The third-order valence-electron chi connectivity index (χ3n) is 2.89. The van der Waals surface area contributed by atoms with E-state index in [1.165, 1.54) is 0 Å². The maximum Gasteiger partial charge on any atom is 0.253 e. The first kappa shape index (κ1) is 13.5. The van der Waals surface area contributed by atoms with Gasteiger partial charge in [0, 0.05) is 25.7 Å². The van der Waals surface area contributed by atoms with Crippen molar-refractivity contribution < 1.29 is 4.79 Å². The molecule has 0 radical (unpaired) electrons. The van der Waals surface area contributed by atoms with Crippen molar-refractivity contribution >= 4 is 18.3 Å². The van der Waals surface area contributed by atoms with Crippen LogP contribution in [0.1, 0.15) is 15.9 Å². The van der Waals surface area contributed by atoms with Crippen LogP contribution in [0, 0.1) is 11.3 Å². The molecule has 1 aliphatic heterocycles. The summed E-state index contributed by atoms with van der Waals surface area (Å²) in [5.74, 6) is 0.0102. The molecule has 17 heavy (non-hydrogen) atoms. The van der Waals surface area contributed by atoms with Crippen LogP contribution in [-0.4, -0.2) is 37.0 Å². The van der Waals surface area contributed by atoms with Gasteiger partial charge in [0.2, 0.25) is 0 Å². The van der Waals surface area contributed by atoms with E-state index in [4.69, 9.17) is 5.26 Å². The summed E-state index contributed by atoms with van der Waals surface area (Å²) in [6.07, 6.45) is 0. The molecule has 1 amide bonds. The quantitative estimate of drug-likeness (QED) is 0.854. The van der Waals surface area contributed by atoms with Crippen LogP contribution in [0.2, 0.25) is 0 Å². The Kier molecular flexibility index (Phi) is 4.50. The van der Waals surface area contributed by atoms with Crippen molar-refractivity contribution in [3.63, 3.8) is 0 Å². The molecule has 90 valence electrons. The van der Waals surface area contributed by atoms with Gasteiger partial charge in [-0.1, -0.05) is 0 Å². The molecule has 4 nitrogen and oxygen atoms in total. The summed E-state index contributed by atoms with van der Waals surface area (Å²) in [5.41, 5.74) is 1.21. The Morgan fingerprint density at radius 1 is 1.41 bits per heavy atom. The Hall–Kier alpha value is -1.57. The Labute approximate surface area is 107 Å². The Bertz CT molecular complexity index is 434. The lowest BCUT2D eigenvalue weighted by molar-refractivity contribution is 0.0681. The zero-order valence-corrected chi connectivity index (χ0v) is 10.3. The fourth-order valence-electron chi connectivity index (χ4n) is 1.60. The van der Waals surface area contributed by atoms with E-state index in [9.17, 15) is 4.79 Å². The van der Waals surface area contributed by atoms with E-state index in [0.29, 0.717) is 17.2 Å². The minimum absolute atomic E-state index is 0. The number of nitrogens with zero attached hydrogens (tertiary/aromatic N) is 2. The van der Waals surface area contributed by atoms with Crippen LogP contribution >= 0.6 is 12.4 Å².